The summed E-state index contributed by atoms with van der Waals surface area (Å²) in [7, 11) is 2.22. The lowest BCUT2D eigenvalue weighted by molar-refractivity contribution is 0.311. The molecule has 0 unspecified atom stereocenters. The molecule has 0 aromatic carbocycles. The van der Waals surface area contributed by atoms with Gasteiger partial charge in [0.05, 0.1) is 5.69 Å². The second kappa shape index (κ2) is 3.63. The second-order valence-electron chi connectivity index (χ2n) is 4.98. The van der Waals surface area contributed by atoms with E-state index in [-0.39, 0.29) is 0 Å². The topological polar surface area (TPSA) is 31.9 Å². The summed E-state index contributed by atoms with van der Waals surface area (Å²) < 4.78 is 0. The highest BCUT2D eigenvalue weighted by Crippen LogP contribution is 2.28. The van der Waals surface area contributed by atoms with Crippen molar-refractivity contribution in [2.75, 3.05) is 7.05 Å². The number of hydrogen-bond donors (Lipinski definition) is 1. The van der Waals surface area contributed by atoms with Crippen LogP contribution in [0.4, 0.5) is 0 Å². The van der Waals surface area contributed by atoms with Gasteiger partial charge in [-0.15, -0.1) is 0 Å². The molecule has 1 fully saturated rings. The standard InChI is InChI=1S/C12H19N3/c1-15(9-6-7-9)8-12-10-4-2-3-5-11(10)13-14-12/h9H,2-8H2,1H3,(H,13,14). The van der Waals surface area contributed by atoms with Crippen LogP contribution in [0.3, 0.4) is 0 Å². The quantitative estimate of drug-likeness (QED) is 0.817. The molecule has 0 aliphatic heterocycles. The van der Waals surface area contributed by atoms with Crippen molar-refractivity contribution in [1.29, 1.82) is 0 Å². The Kier molecular flexibility index (Phi) is 2.28. The fourth-order valence-electron chi connectivity index (χ4n) is 2.56. The maximum Gasteiger partial charge on any atom is 0.0797 e. The van der Waals surface area contributed by atoms with E-state index < -0.39 is 0 Å². The molecule has 1 heterocycles. The fraction of sp³-hybridized carbons (Fsp3) is 0.750. The van der Waals surface area contributed by atoms with Crippen LogP contribution in [0.15, 0.2) is 0 Å². The number of nitrogens with one attached hydrogen (secondary N) is 1. The fourth-order valence-corrected chi connectivity index (χ4v) is 2.56. The molecule has 15 heavy (non-hydrogen) atoms. The zero-order chi connectivity index (χ0) is 10.3. The molecule has 2 aliphatic rings. The van der Waals surface area contributed by atoms with Crippen LogP contribution >= 0.6 is 0 Å². The lowest BCUT2D eigenvalue weighted by Gasteiger charge is -2.16. The SMILES string of the molecule is CN(Cc1n[nH]c2c1CCCC2)C1CC1. The molecule has 0 spiro atoms. The highest BCUT2D eigenvalue weighted by Gasteiger charge is 2.27. The number of fused-ring (bicyclic) bond motifs is 1. The Bertz CT molecular complexity index is 352. The number of nitrogens with zero attached hydrogens (tertiary/aromatic N) is 2. The first-order valence-corrected chi connectivity index (χ1v) is 6.10. The second-order valence-corrected chi connectivity index (χ2v) is 4.98. The van der Waals surface area contributed by atoms with Crippen LogP contribution in [0, 0.1) is 0 Å². The van der Waals surface area contributed by atoms with Gasteiger partial charge in [-0.3, -0.25) is 10.00 Å². The van der Waals surface area contributed by atoms with Crippen LogP contribution in [0.2, 0.25) is 0 Å². The summed E-state index contributed by atoms with van der Waals surface area (Å²) in [5, 5.41) is 7.70. The van der Waals surface area contributed by atoms with Gasteiger partial charge in [0.2, 0.25) is 0 Å². The predicted octanol–water partition coefficient (Wildman–Crippen LogP) is 1.88. The van der Waals surface area contributed by atoms with E-state index in [9.17, 15) is 0 Å². The molecule has 3 rings (SSSR count). The lowest BCUT2D eigenvalue weighted by atomic mass is 9.96. The van der Waals surface area contributed by atoms with E-state index in [2.05, 4.69) is 22.1 Å². The van der Waals surface area contributed by atoms with Gasteiger partial charge in [-0.25, -0.2) is 0 Å². The van der Waals surface area contributed by atoms with Crippen molar-refractivity contribution in [3.05, 3.63) is 17.0 Å². The molecule has 2 aliphatic carbocycles. The van der Waals surface area contributed by atoms with Gasteiger partial charge in [-0.1, -0.05) is 0 Å². The molecule has 3 nitrogen and oxygen atoms in total. The van der Waals surface area contributed by atoms with Crippen LogP contribution in [-0.4, -0.2) is 28.2 Å². The van der Waals surface area contributed by atoms with Crippen molar-refractivity contribution >= 4 is 0 Å². The molecule has 0 radical (unpaired) electrons. The number of rotatable bonds is 3. The van der Waals surface area contributed by atoms with Gasteiger partial charge in [0.1, 0.15) is 0 Å². The smallest absolute Gasteiger partial charge is 0.0797 e. The van der Waals surface area contributed by atoms with E-state index >= 15 is 0 Å². The monoisotopic (exact) mass is 205 g/mol. The van der Waals surface area contributed by atoms with Crippen molar-refractivity contribution in [1.82, 2.24) is 15.1 Å². The van der Waals surface area contributed by atoms with Crippen molar-refractivity contribution < 1.29 is 0 Å². The van der Waals surface area contributed by atoms with E-state index in [0.717, 1.165) is 12.6 Å². The third kappa shape index (κ3) is 1.81. The number of aryl methyl sites for hydroxylation is 1. The largest absolute Gasteiger partial charge is 0.298 e. The van der Waals surface area contributed by atoms with Crippen molar-refractivity contribution in [2.24, 2.45) is 0 Å². The predicted molar refractivity (Wildman–Crippen MR) is 59.7 cm³/mol. The molecule has 1 N–H and O–H groups in total. The third-order valence-corrected chi connectivity index (χ3v) is 3.71. The lowest BCUT2D eigenvalue weighted by Crippen LogP contribution is -2.21. The molecule has 1 aromatic heterocycles. The van der Waals surface area contributed by atoms with E-state index in [4.69, 9.17) is 0 Å². The summed E-state index contributed by atoms with van der Waals surface area (Å²) in [6.07, 6.45) is 7.86. The maximum atomic E-state index is 4.48. The van der Waals surface area contributed by atoms with E-state index in [1.807, 2.05) is 0 Å². The average molecular weight is 205 g/mol. The zero-order valence-electron chi connectivity index (χ0n) is 9.42. The Hall–Kier alpha value is -0.830. The minimum Gasteiger partial charge on any atom is -0.298 e. The van der Waals surface area contributed by atoms with Crippen molar-refractivity contribution in [3.8, 4) is 0 Å². The van der Waals surface area contributed by atoms with Crippen LogP contribution in [-0.2, 0) is 19.4 Å². The molecular weight excluding hydrogens is 186 g/mol. The highest BCUT2D eigenvalue weighted by molar-refractivity contribution is 5.27. The highest BCUT2D eigenvalue weighted by atomic mass is 15.2. The summed E-state index contributed by atoms with van der Waals surface area (Å²) in [5.41, 5.74) is 4.23. The van der Waals surface area contributed by atoms with Crippen molar-refractivity contribution in [2.45, 2.75) is 51.1 Å². The van der Waals surface area contributed by atoms with Gasteiger partial charge in [0.25, 0.3) is 0 Å². The Balaban J connectivity index is 1.76. The van der Waals surface area contributed by atoms with Gasteiger partial charge >= 0.3 is 0 Å². The first-order valence-electron chi connectivity index (χ1n) is 6.10. The molecule has 0 bridgehead atoms. The summed E-state index contributed by atoms with van der Waals surface area (Å²) in [5.74, 6) is 0. The Labute approximate surface area is 90.9 Å². The van der Waals surface area contributed by atoms with Crippen molar-refractivity contribution in [3.63, 3.8) is 0 Å². The molecule has 0 amide bonds. The molecule has 0 atom stereocenters. The minimum absolute atomic E-state index is 0.834. The van der Waals surface area contributed by atoms with Gasteiger partial charge in [0.15, 0.2) is 0 Å². The summed E-state index contributed by atoms with van der Waals surface area (Å²) in [6.45, 7) is 1.04. The van der Waals surface area contributed by atoms with Gasteiger partial charge < -0.3 is 0 Å². The van der Waals surface area contributed by atoms with E-state index in [0.29, 0.717) is 0 Å². The number of H-pyrrole nitrogens is 1. The van der Waals surface area contributed by atoms with Crippen LogP contribution in [0.25, 0.3) is 0 Å². The number of aromatic amines is 1. The number of aromatic nitrogens is 2. The first kappa shape index (κ1) is 9.40. The van der Waals surface area contributed by atoms with E-state index in [1.165, 1.54) is 55.5 Å². The molecule has 82 valence electrons. The van der Waals surface area contributed by atoms with Crippen LogP contribution in [0.5, 0.6) is 0 Å². The molecule has 0 saturated heterocycles. The Morgan fingerprint density at radius 2 is 2.13 bits per heavy atom. The van der Waals surface area contributed by atoms with Crippen LogP contribution in [0.1, 0.15) is 42.6 Å². The average Bonchev–Trinajstić information content (AvgIpc) is 3.03. The first-order chi connectivity index (χ1) is 7.34. The van der Waals surface area contributed by atoms with Crippen LogP contribution < -0.4 is 0 Å². The molecule has 1 saturated carbocycles. The molecule has 1 aromatic rings. The van der Waals surface area contributed by atoms with Gasteiger partial charge in [0, 0.05) is 18.3 Å². The zero-order valence-corrected chi connectivity index (χ0v) is 9.42. The summed E-state index contributed by atoms with van der Waals surface area (Å²) >= 11 is 0. The Morgan fingerprint density at radius 1 is 1.33 bits per heavy atom. The minimum atomic E-state index is 0.834. The summed E-state index contributed by atoms with van der Waals surface area (Å²) in [6, 6.07) is 0.834. The van der Waals surface area contributed by atoms with E-state index in [1.54, 1.807) is 0 Å². The summed E-state index contributed by atoms with van der Waals surface area (Å²) in [4.78, 5) is 2.45. The van der Waals surface area contributed by atoms with Gasteiger partial charge in [-0.05, 0) is 51.1 Å². The third-order valence-electron chi connectivity index (χ3n) is 3.71. The number of hydrogen-bond acceptors (Lipinski definition) is 2. The maximum absolute atomic E-state index is 4.48. The Morgan fingerprint density at radius 3 is 2.93 bits per heavy atom. The molecular formula is C12H19N3. The van der Waals surface area contributed by atoms with Gasteiger partial charge in [-0.2, -0.15) is 5.10 Å². The molecule has 3 heteroatoms. The normalized spacial score (nSPS) is 20.7.